The molecule has 2 aliphatic heterocycles. The second kappa shape index (κ2) is 7.17. The van der Waals surface area contributed by atoms with Crippen LogP contribution >= 0.6 is 11.8 Å². The topological polar surface area (TPSA) is 59.1 Å². The minimum atomic E-state index is -0.387. The number of carbonyl (C=O) groups excluding carboxylic acids is 2. The maximum Gasteiger partial charge on any atom is 0.247 e. The lowest BCUT2D eigenvalue weighted by atomic mass is 10.1. The number of likely N-dealkylation sites (N-methyl/N-ethyl adjacent to an activating group) is 1. The minimum absolute atomic E-state index is 0.0407. The normalized spacial score (nSPS) is 19.6. The summed E-state index contributed by atoms with van der Waals surface area (Å²) in [5.74, 6) is 2.39. The lowest BCUT2D eigenvalue weighted by Crippen LogP contribution is -2.46. The summed E-state index contributed by atoms with van der Waals surface area (Å²) in [6.45, 7) is 1.08. The summed E-state index contributed by atoms with van der Waals surface area (Å²) in [5, 5.41) is 0. The van der Waals surface area contributed by atoms with E-state index in [2.05, 4.69) is 0 Å². The smallest absolute Gasteiger partial charge is 0.247 e. The molecule has 0 spiro atoms. The molecule has 24 heavy (non-hydrogen) atoms. The Morgan fingerprint density at radius 1 is 1.25 bits per heavy atom. The first kappa shape index (κ1) is 16.7. The number of rotatable bonds is 3. The number of hydrogen-bond donors (Lipinski definition) is 0. The van der Waals surface area contributed by atoms with Gasteiger partial charge in [-0.2, -0.15) is 0 Å². The summed E-state index contributed by atoms with van der Waals surface area (Å²) in [6.07, 6.45) is 3.24. The van der Waals surface area contributed by atoms with Gasteiger partial charge in [-0.1, -0.05) is 6.07 Å². The van der Waals surface area contributed by atoms with Crippen LogP contribution in [0.1, 0.15) is 5.56 Å². The summed E-state index contributed by atoms with van der Waals surface area (Å²) >= 11 is 1.59. The lowest BCUT2D eigenvalue weighted by Gasteiger charge is -2.24. The molecule has 1 aromatic carbocycles. The zero-order chi connectivity index (χ0) is 17.1. The largest absolute Gasteiger partial charge is 0.486 e. The maximum absolute atomic E-state index is 12.4. The molecule has 1 aromatic rings. The van der Waals surface area contributed by atoms with Gasteiger partial charge in [0.05, 0.1) is 5.88 Å². The molecular formula is C17H20N2O4S. The Hall–Kier alpha value is -2.15. The highest BCUT2D eigenvalue weighted by atomic mass is 32.2. The van der Waals surface area contributed by atoms with Gasteiger partial charge in [-0.15, -0.1) is 11.8 Å². The predicted octanol–water partition coefficient (Wildman–Crippen LogP) is 1.46. The number of carbonyl (C=O) groups is 2. The number of benzene rings is 1. The molecule has 0 aromatic heterocycles. The highest BCUT2D eigenvalue weighted by molar-refractivity contribution is 7.99. The zero-order valence-electron chi connectivity index (χ0n) is 13.7. The minimum Gasteiger partial charge on any atom is -0.486 e. The van der Waals surface area contributed by atoms with E-state index in [0.717, 1.165) is 11.3 Å². The van der Waals surface area contributed by atoms with Crippen molar-refractivity contribution in [2.24, 2.45) is 0 Å². The molecule has 2 heterocycles. The van der Waals surface area contributed by atoms with Gasteiger partial charge >= 0.3 is 0 Å². The van der Waals surface area contributed by atoms with Crippen molar-refractivity contribution in [1.82, 2.24) is 9.80 Å². The summed E-state index contributed by atoms with van der Waals surface area (Å²) in [6, 6.07) is 5.17. The first-order chi connectivity index (χ1) is 11.6. The van der Waals surface area contributed by atoms with Crippen LogP contribution in [-0.4, -0.2) is 66.6 Å². The van der Waals surface area contributed by atoms with E-state index >= 15 is 0 Å². The highest BCUT2D eigenvalue weighted by Crippen LogP contribution is 2.31. The number of fused-ring (bicyclic) bond motifs is 1. The first-order valence-corrected chi connectivity index (χ1v) is 8.89. The molecule has 0 N–H and O–H groups in total. The fourth-order valence-corrected chi connectivity index (χ4v) is 3.74. The molecule has 0 bridgehead atoms. The number of hydrogen-bond acceptors (Lipinski definition) is 5. The van der Waals surface area contributed by atoms with Gasteiger partial charge in [0.15, 0.2) is 11.5 Å². The van der Waals surface area contributed by atoms with Crippen molar-refractivity contribution in [3.05, 3.63) is 29.8 Å². The average molecular weight is 348 g/mol. The van der Waals surface area contributed by atoms with E-state index in [-0.39, 0.29) is 17.9 Å². The molecule has 2 aliphatic rings. The fourth-order valence-electron chi connectivity index (χ4n) is 2.59. The Morgan fingerprint density at radius 3 is 2.75 bits per heavy atom. The van der Waals surface area contributed by atoms with Gasteiger partial charge in [0.1, 0.15) is 19.3 Å². The lowest BCUT2D eigenvalue weighted by molar-refractivity contribution is -0.139. The fraction of sp³-hybridized carbons (Fsp3) is 0.412. The van der Waals surface area contributed by atoms with E-state index in [0.29, 0.717) is 30.6 Å². The molecular weight excluding hydrogens is 328 g/mol. The van der Waals surface area contributed by atoms with E-state index in [1.807, 2.05) is 18.2 Å². The monoisotopic (exact) mass is 348 g/mol. The summed E-state index contributed by atoms with van der Waals surface area (Å²) in [4.78, 5) is 27.7. The van der Waals surface area contributed by atoms with Crippen LogP contribution in [0.25, 0.3) is 6.08 Å². The Labute approximate surface area is 145 Å². The third-order valence-electron chi connectivity index (χ3n) is 3.88. The van der Waals surface area contributed by atoms with Crippen LogP contribution in [0, 0.1) is 0 Å². The van der Waals surface area contributed by atoms with Crippen LogP contribution in [0.2, 0.25) is 0 Å². The second-order valence-electron chi connectivity index (χ2n) is 5.79. The third-order valence-corrected chi connectivity index (χ3v) is 4.89. The predicted molar refractivity (Wildman–Crippen MR) is 93.1 cm³/mol. The Bertz CT molecular complexity index is 675. The molecule has 0 aliphatic carbocycles. The quantitative estimate of drug-likeness (QED) is 0.774. The SMILES string of the molecule is CN(C)C(=O)C1CSCN1C(=O)/C=C/c1ccc2c(c1)OCCO2. The van der Waals surface area contributed by atoms with Crippen molar-refractivity contribution in [2.75, 3.05) is 38.9 Å². The average Bonchev–Trinajstić information content (AvgIpc) is 3.08. The van der Waals surface area contributed by atoms with E-state index < -0.39 is 0 Å². The van der Waals surface area contributed by atoms with E-state index in [1.165, 1.54) is 11.0 Å². The van der Waals surface area contributed by atoms with Gasteiger partial charge in [0.2, 0.25) is 11.8 Å². The van der Waals surface area contributed by atoms with Crippen LogP contribution < -0.4 is 9.47 Å². The Kier molecular flexibility index (Phi) is 4.99. The number of amides is 2. The molecule has 0 saturated carbocycles. The Morgan fingerprint density at radius 2 is 2.00 bits per heavy atom. The van der Waals surface area contributed by atoms with Crippen molar-refractivity contribution in [3.8, 4) is 11.5 Å². The Balaban J connectivity index is 1.70. The molecule has 1 saturated heterocycles. The maximum atomic E-state index is 12.4. The van der Waals surface area contributed by atoms with Gasteiger partial charge in [0, 0.05) is 25.9 Å². The van der Waals surface area contributed by atoms with Crippen molar-refractivity contribution in [2.45, 2.75) is 6.04 Å². The summed E-state index contributed by atoms with van der Waals surface area (Å²) in [7, 11) is 3.41. The molecule has 2 amide bonds. The van der Waals surface area contributed by atoms with E-state index in [1.54, 1.807) is 36.8 Å². The van der Waals surface area contributed by atoms with Crippen LogP contribution in [0.4, 0.5) is 0 Å². The van der Waals surface area contributed by atoms with Crippen molar-refractivity contribution < 1.29 is 19.1 Å². The van der Waals surface area contributed by atoms with Gasteiger partial charge in [0.25, 0.3) is 0 Å². The summed E-state index contributed by atoms with van der Waals surface area (Å²) in [5.41, 5.74) is 0.856. The zero-order valence-corrected chi connectivity index (χ0v) is 14.5. The van der Waals surface area contributed by atoms with Gasteiger partial charge in [-0.3, -0.25) is 9.59 Å². The third kappa shape index (κ3) is 3.51. The van der Waals surface area contributed by atoms with E-state index in [4.69, 9.17) is 9.47 Å². The molecule has 1 fully saturated rings. The molecule has 0 radical (unpaired) electrons. The molecule has 3 rings (SSSR count). The van der Waals surface area contributed by atoms with Crippen molar-refractivity contribution in [1.29, 1.82) is 0 Å². The van der Waals surface area contributed by atoms with E-state index in [9.17, 15) is 9.59 Å². The van der Waals surface area contributed by atoms with Gasteiger partial charge in [-0.05, 0) is 23.8 Å². The van der Waals surface area contributed by atoms with Crippen molar-refractivity contribution >= 4 is 29.7 Å². The second-order valence-corrected chi connectivity index (χ2v) is 6.79. The first-order valence-electron chi connectivity index (χ1n) is 7.73. The van der Waals surface area contributed by atoms with Gasteiger partial charge < -0.3 is 19.3 Å². The molecule has 1 atom stereocenters. The molecule has 1 unspecified atom stereocenters. The van der Waals surface area contributed by atoms with Crippen LogP contribution in [0.5, 0.6) is 11.5 Å². The molecule has 7 heteroatoms. The number of thioether (sulfide) groups is 1. The number of nitrogens with zero attached hydrogens (tertiary/aromatic N) is 2. The summed E-state index contributed by atoms with van der Waals surface area (Å²) < 4.78 is 11.0. The van der Waals surface area contributed by atoms with Gasteiger partial charge in [-0.25, -0.2) is 0 Å². The van der Waals surface area contributed by atoms with Crippen molar-refractivity contribution in [3.63, 3.8) is 0 Å². The number of ether oxygens (including phenoxy) is 2. The molecule has 128 valence electrons. The van der Waals surface area contributed by atoms with Crippen LogP contribution in [0.3, 0.4) is 0 Å². The van der Waals surface area contributed by atoms with Crippen LogP contribution in [0.15, 0.2) is 24.3 Å². The highest BCUT2D eigenvalue weighted by Gasteiger charge is 2.34. The van der Waals surface area contributed by atoms with Crippen LogP contribution in [-0.2, 0) is 9.59 Å². The molecule has 6 nitrogen and oxygen atoms in total. The standard InChI is InChI=1S/C17H20N2O4S/c1-18(2)17(21)13-10-24-11-19(13)16(20)6-4-12-3-5-14-15(9-12)23-8-7-22-14/h3-6,9,13H,7-8,10-11H2,1-2H3/b6-4+.